The number of carbonyl (C=O) groups is 2. The van der Waals surface area contributed by atoms with E-state index in [4.69, 9.17) is 4.74 Å². The Labute approximate surface area is 142 Å². The zero-order valence-corrected chi connectivity index (χ0v) is 13.4. The van der Waals surface area contributed by atoms with Crippen LogP contribution in [0.4, 0.5) is 18.9 Å². The molecule has 2 fully saturated rings. The van der Waals surface area contributed by atoms with Crippen LogP contribution in [0.5, 0.6) is 0 Å². The largest absolute Gasteiger partial charge is 0.418 e. The first kappa shape index (κ1) is 17.7. The normalized spacial score (nSPS) is 25.5. The van der Waals surface area contributed by atoms with Gasteiger partial charge < -0.3 is 15.4 Å². The molecular weight excluding hydrogens is 337 g/mol. The van der Waals surface area contributed by atoms with Crippen molar-refractivity contribution in [2.45, 2.75) is 31.5 Å². The van der Waals surface area contributed by atoms with Crippen molar-refractivity contribution in [3.05, 3.63) is 29.8 Å². The van der Waals surface area contributed by atoms with Gasteiger partial charge in [-0.2, -0.15) is 13.2 Å². The lowest BCUT2D eigenvalue weighted by Crippen LogP contribution is -2.33. The van der Waals surface area contributed by atoms with Crippen LogP contribution in [0, 0.1) is 11.8 Å². The maximum absolute atomic E-state index is 12.9. The van der Waals surface area contributed by atoms with Gasteiger partial charge in [0, 0.05) is 13.2 Å². The van der Waals surface area contributed by atoms with Crippen LogP contribution in [0.2, 0.25) is 0 Å². The van der Waals surface area contributed by atoms with Crippen LogP contribution >= 0.6 is 0 Å². The van der Waals surface area contributed by atoms with Gasteiger partial charge in [0.1, 0.15) is 0 Å². The molecule has 1 aromatic carbocycles. The van der Waals surface area contributed by atoms with E-state index in [1.807, 2.05) is 0 Å². The highest BCUT2D eigenvalue weighted by Gasteiger charge is 2.48. The maximum Gasteiger partial charge on any atom is 0.418 e. The predicted molar refractivity (Wildman–Crippen MR) is 83.7 cm³/mol. The summed E-state index contributed by atoms with van der Waals surface area (Å²) in [6, 6.07) is 4.80. The van der Waals surface area contributed by atoms with Crippen molar-refractivity contribution in [2.24, 2.45) is 11.8 Å². The van der Waals surface area contributed by atoms with E-state index in [0.717, 1.165) is 18.9 Å². The van der Waals surface area contributed by atoms with Crippen LogP contribution in [0.1, 0.15) is 24.8 Å². The molecule has 8 heteroatoms. The minimum Gasteiger partial charge on any atom is -0.376 e. The van der Waals surface area contributed by atoms with Gasteiger partial charge in [-0.15, -0.1) is 0 Å². The molecule has 5 nitrogen and oxygen atoms in total. The summed E-state index contributed by atoms with van der Waals surface area (Å²) < 4.78 is 44.2. The highest BCUT2D eigenvalue weighted by Crippen LogP contribution is 2.41. The van der Waals surface area contributed by atoms with Crippen LogP contribution in [-0.4, -0.2) is 31.1 Å². The Morgan fingerprint density at radius 3 is 2.56 bits per heavy atom. The number of rotatable bonds is 5. The van der Waals surface area contributed by atoms with E-state index < -0.39 is 29.5 Å². The fraction of sp³-hybridized carbons (Fsp3) is 0.529. The molecule has 0 bridgehead atoms. The molecule has 3 atom stereocenters. The number of alkyl halides is 3. The van der Waals surface area contributed by atoms with Gasteiger partial charge in [-0.3, -0.25) is 9.59 Å². The van der Waals surface area contributed by atoms with E-state index in [1.54, 1.807) is 0 Å². The minimum atomic E-state index is -4.55. The Balaban J connectivity index is 1.53. The molecule has 1 aliphatic heterocycles. The summed E-state index contributed by atoms with van der Waals surface area (Å²) in [7, 11) is 0. The Kier molecular flexibility index (Phi) is 4.99. The number of amides is 2. The quantitative estimate of drug-likeness (QED) is 0.852. The summed E-state index contributed by atoms with van der Waals surface area (Å²) in [4.78, 5) is 24.2. The van der Waals surface area contributed by atoms with Crippen LogP contribution in [-0.2, 0) is 20.5 Å². The van der Waals surface area contributed by atoms with E-state index in [1.165, 1.54) is 18.2 Å². The number of hydrogen-bond donors (Lipinski definition) is 2. The van der Waals surface area contributed by atoms with Crippen LogP contribution < -0.4 is 10.6 Å². The lowest BCUT2D eigenvalue weighted by molar-refractivity contribution is -0.137. The third-order valence-corrected chi connectivity index (χ3v) is 4.48. The van der Waals surface area contributed by atoms with E-state index >= 15 is 0 Å². The molecule has 2 N–H and O–H groups in total. The van der Waals surface area contributed by atoms with Crippen molar-refractivity contribution >= 4 is 17.5 Å². The number of nitrogens with one attached hydrogen (secondary N) is 2. The number of halogens is 3. The molecule has 3 rings (SSSR count). The van der Waals surface area contributed by atoms with Crippen LogP contribution in [0.3, 0.4) is 0 Å². The number of anilines is 1. The second-order valence-corrected chi connectivity index (χ2v) is 6.36. The molecule has 1 aromatic rings. The van der Waals surface area contributed by atoms with Crippen LogP contribution in [0.25, 0.3) is 0 Å². The Morgan fingerprint density at radius 2 is 1.88 bits per heavy atom. The molecule has 25 heavy (non-hydrogen) atoms. The van der Waals surface area contributed by atoms with Gasteiger partial charge in [-0.05, 0) is 31.4 Å². The Bertz CT molecular complexity index is 657. The third-order valence-electron chi connectivity index (χ3n) is 4.48. The number of ether oxygens (including phenoxy) is 1. The molecule has 1 heterocycles. The molecule has 2 amide bonds. The number of hydrogen-bond acceptors (Lipinski definition) is 3. The molecular formula is C17H19F3N2O3. The topological polar surface area (TPSA) is 67.4 Å². The number of para-hydroxylation sites is 1. The average molecular weight is 356 g/mol. The van der Waals surface area contributed by atoms with Crippen molar-refractivity contribution in [3.63, 3.8) is 0 Å². The molecule has 3 unspecified atom stereocenters. The molecule has 1 saturated carbocycles. The standard InChI is InChI=1S/C17H19F3N2O3/c18-17(19,20)13-5-1-2-6-14(13)22-16(24)12-8-11(12)15(23)21-9-10-4-3-7-25-10/h1-2,5-6,10-12H,3-4,7-9H2,(H,21,23)(H,22,24). The predicted octanol–water partition coefficient (Wildman–Crippen LogP) is 2.58. The van der Waals surface area contributed by atoms with E-state index in [2.05, 4.69) is 10.6 Å². The smallest absolute Gasteiger partial charge is 0.376 e. The van der Waals surface area contributed by atoms with Gasteiger partial charge in [0.15, 0.2) is 0 Å². The summed E-state index contributed by atoms with van der Waals surface area (Å²) in [5, 5.41) is 5.04. The van der Waals surface area contributed by atoms with Crippen molar-refractivity contribution in [1.29, 1.82) is 0 Å². The SMILES string of the molecule is O=C(NCC1CCCO1)C1CC1C(=O)Nc1ccccc1C(F)(F)F. The minimum absolute atomic E-state index is 0.00800. The fourth-order valence-corrected chi connectivity index (χ4v) is 2.99. The molecule has 2 aliphatic rings. The van der Waals surface area contributed by atoms with Crippen molar-refractivity contribution in [3.8, 4) is 0 Å². The third kappa shape index (κ3) is 4.31. The lowest BCUT2D eigenvalue weighted by Gasteiger charge is -2.13. The van der Waals surface area contributed by atoms with Gasteiger partial charge in [0.2, 0.25) is 11.8 Å². The fourth-order valence-electron chi connectivity index (χ4n) is 2.99. The average Bonchev–Trinajstić information content (AvgIpc) is 3.20. The van der Waals surface area contributed by atoms with Crippen molar-refractivity contribution in [1.82, 2.24) is 5.32 Å². The van der Waals surface area contributed by atoms with Crippen molar-refractivity contribution < 1.29 is 27.5 Å². The molecule has 1 saturated heterocycles. The molecule has 1 aliphatic carbocycles. The molecule has 0 radical (unpaired) electrons. The molecule has 0 spiro atoms. The summed E-state index contributed by atoms with van der Waals surface area (Å²) in [5.41, 5.74) is -1.19. The zero-order valence-electron chi connectivity index (χ0n) is 13.4. The zero-order chi connectivity index (χ0) is 18.0. The first-order valence-corrected chi connectivity index (χ1v) is 8.22. The van der Waals surface area contributed by atoms with Crippen LogP contribution in [0.15, 0.2) is 24.3 Å². The maximum atomic E-state index is 12.9. The molecule has 136 valence electrons. The Morgan fingerprint density at radius 1 is 1.16 bits per heavy atom. The summed E-state index contributed by atoms with van der Waals surface area (Å²) in [6.07, 6.45) is -2.34. The Hall–Kier alpha value is -2.09. The first-order chi connectivity index (χ1) is 11.9. The summed E-state index contributed by atoms with van der Waals surface area (Å²) in [6.45, 7) is 1.09. The summed E-state index contributed by atoms with van der Waals surface area (Å²) >= 11 is 0. The number of benzene rings is 1. The van der Waals surface area contributed by atoms with Gasteiger partial charge >= 0.3 is 6.18 Å². The second-order valence-electron chi connectivity index (χ2n) is 6.36. The van der Waals surface area contributed by atoms with E-state index in [9.17, 15) is 22.8 Å². The van der Waals surface area contributed by atoms with Gasteiger partial charge in [0.05, 0.1) is 29.2 Å². The van der Waals surface area contributed by atoms with E-state index in [0.29, 0.717) is 19.6 Å². The highest BCUT2D eigenvalue weighted by atomic mass is 19.4. The van der Waals surface area contributed by atoms with Gasteiger partial charge in [-0.1, -0.05) is 12.1 Å². The van der Waals surface area contributed by atoms with Gasteiger partial charge in [0.25, 0.3) is 0 Å². The monoisotopic (exact) mass is 356 g/mol. The summed E-state index contributed by atoms with van der Waals surface area (Å²) in [5.74, 6) is -1.89. The molecule has 0 aromatic heterocycles. The van der Waals surface area contributed by atoms with Gasteiger partial charge in [-0.25, -0.2) is 0 Å². The number of carbonyl (C=O) groups excluding carboxylic acids is 2. The lowest BCUT2D eigenvalue weighted by atomic mass is 10.1. The van der Waals surface area contributed by atoms with Crippen molar-refractivity contribution in [2.75, 3.05) is 18.5 Å². The second kappa shape index (κ2) is 7.03. The highest BCUT2D eigenvalue weighted by molar-refractivity contribution is 6.00. The van der Waals surface area contributed by atoms with E-state index in [-0.39, 0.29) is 17.7 Å². The first-order valence-electron chi connectivity index (χ1n) is 8.22.